The summed E-state index contributed by atoms with van der Waals surface area (Å²) in [6.45, 7) is 1.25. The van der Waals surface area contributed by atoms with Gasteiger partial charge in [-0.05, 0) is 19.1 Å². The summed E-state index contributed by atoms with van der Waals surface area (Å²) in [6.07, 6.45) is -4.84. The van der Waals surface area contributed by atoms with Crippen LogP contribution in [0.1, 0.15) is 12.5 Å². The quantitative estimate of drug-likeness (QED) is 0.823. The van der Waals surface area contributed by atoms with Crippen LogP contribution in [0.3, 0.4) is 0 Å². The SMILES string of the molecule is CC#CC(O)(c1ccc(N(C)C)cc1)C(F)(F)F. The average Bonchev–Trinajstić information content (AvgIpc) is 2.28. The largest absolute Gasteiger partial charge is 0.433 e. The molecule has 0 saturated heterocycles. The van der Waals surface area contributed by atoms with Crippen molar-refractivity contribution in [3.63, 3.8) is 0 Å². The first-order valence-corrected chi connectivity index (χ1v) is 5.23. The minimum absolute atomic E-state index is 0.282. The molecule has 5 heteroatoms. The van der Waals surface area contributed by atoms with E-state index in [0.29, 0.717) is 0 Å². The Morgan fingerprint density at radius 2 is 1.61 bits per heavy atom. The number of hydrogen-bond acceptors (Lipinski definition) is 2. The second-order valence-corrected chi connectivity index (χ2v) is 4.02. The molecule has 2 nitrogen and oxygen atoms in total. The Balaban J connectivity index is 3.27. The molecule has 1 aromatic rings. The highest BCUT2D eigenvalue weighted by Crippen LogP contribution is 2.38. The van der Waals surface area contributed by atoms with E-state index in [2.05, 4.69) is 5.92 Å². The molecular weight excluding hydrogens is 243 g/mol. The van der Waals surface area contributed by atoms with E-state index in [0.717, 1.165) is 5.69 Å². The van der Waals surface area contributed by atoms with Crippen LogP contribution >= 0.6 is 0 Å². The zero-order valence-electron chi connectivity index (χ0n) is 10.3. The number of rotatable bonds is 2. The van der Waals surface area contributed by atoms with Gasteiger partial charge >= 0.3 is 6.18 Å². The third-order valence-corrected chi connectivity index (χ3v) is 2.52. The normalized spacial score (nSPS) is 14.4. The van der Waals surface area contributed by atoms with E-state index in [4.69, 9.17) is 0 Å². The van der Waals surface area contributed by atoms with E-state index in [1.165, 1.54) is 31.2 Å². The van der Waals surface area contributed by atoms with Gasteiger partial charge in [0.25, 0.3) is 0 Å². The molecule has 0 amide bonds. The third kappa shape index (κ3) is 2.59. The number of hydrogen-bond donors (Lipinski definition) is 1. The van der Waals surface area contributed by atoms with Crippen LogP contribution in [0.25, 0.3) is 0 Å². The van der Waals surface area contributed by atoms with E-state index in [-0.39, 0.29) is 5.56 Å². The van der Waals surface area contributed by atoms with Gasteiger partial charge in [-0.25, -0.2) is 0 Å². The van der Waals surface area contributed by atoms with E-state index in [1.54, 1.807) is 19.0 Å². The predicted molar refractivity (Wildman–Crippen MR) is 64.2 cm³/mol. The van der Waals surface area contributed by atoms with Gasteiger partial charge in [0.1, 0.15) is 0 Å². The Morgan fingerprint density at radius 1 is 1.11 bits per heavy atom. The van der Waals surface area contributed by atoms with Crippen LogP contribution in [0.5, 0.6) is 0 Å². The van der Waals surface area contributed by atoms with Crippen molar-refractivity contribution in [1.29, 1.82) is 0 Å². The lowest BCUT2D eigenvalue weighted by Crippen LogP contribution is -2.41. The zero-order chi connectivity index (χ0) is 14.0. The summed E-state index contributed by atoms with van der Waals surface area (Å²) in [4.78, 5) is 1.75. The summed E-state index contributed by atoms with van der Waals surface area (Å²) in [7, 11) is 3.55. The first-order valence-electron chi connectivity index (χ1n) is 5.23. The molecule has 0 spiro atoms. The van der Waals surface area contributed by atoms with Gasteiger partial charge in [0.2, 0.25) is 5.60 Å². The van der Waals surface area contributed by atoms with Gasteiger partial charge in [0.05, 0.1) is 0 Å². The van der Waals surface area contributed by atoms with E-state index >= 15 is 0 Å². The first-order chi connectivity index (χ1) is 8.22. The summed E-state index contributed by atoms with van der Waals surface area (Å²) in [6, 6.07) is 5.47. The van der Waals surface area contributed by atoms with Crippen molar-refractivity contribution in [2.45, 2.75) is 18.7 Å². The maximum Gasteiger partial charge on any atom is 0.433 e. The monoisotopic (exact) mass is 257 g/mol. The molecule has 0 aliphatic heterocycles. The van der Waals surface area contributed by atoms with E-state index in [1.807, 2.05) is 5.92 Å². The van der Waals surface area contributed by atoms with Crippen LogP contribution in [-0.2, 0) is 5.60 Å². The van der Waals surface area contributed by atoms with Crippen molar-refractivity contribution in [3.8, 4) is 11.8 Å². The van der Waals surface area contributed by atoms with Crippen molar-refractivity contribution in [1.82, 2.24) is 0 Å². The minimum Gasteiger partial charge on any atom is -0.378 e. The fourth-order valence-electron chi connectivity index (χ4n) is 1.49. The molecule has 1 aromatic carbocycles. The van der Waals surface area contributed by atoms with Crippen LogP contribution in [0.15, 0.2) is 24.3 Å². The predicted octanol–water partition coefficient (Wildman–Crippen LogP) is 2.53. The van der Waals surface area contributed by atoms with Gasteiger partial charge in [0.15, 0.2) is 0 Å². The van der Waals surface area contributed by atoms with E-state index < -0.39 is 11.8 Å². The maximum atomic E-state index is 12.9. The van der Waals surface area contributed by atoms with Crippen molar-refractivity contribution in [2.24, 2.45) is 0 Å². The lowest BCUT2D eigenvalue weighted by atomic mass is 9.93. The molecule has 0 aromatic heterocycles. The van der Waals surface area contributed by atoms with Crippen LogP contribution in [0, 0.1) is 11.8 Å². The van der Waals surface area contributed by atoms with Gasteiger partial charge in [-0.2, -0.15) is 13.2 Å². The Kier molecular flexibility index (Phi) is 3.92. The molecule has 1 unspecified atom stereocenters. The minimum atomic E-state index is -4.84. The van der Waals surface area contributed by atoms with Crippen LogP contribution in [0.4, 0.5) is 18.9 Å². The van der Waals surface area contributed by atoms with Crippen LogP contribution < -0.4 is 4.90 Å². The number of alkyl halides is 3. The van der Waals surface area contributed by atoms with Gasteiger partial charge in [-0.1, -0.05) is 18.1 Å². The lowest BCUT2D eigenvalue weighted by Gasteiger charge is -2.26. The molecule has 1 rings (SSSR count). The molecule has 0 aliphatic carbocycles. The van der Waals surface area contributed by atoms with Gasteiger partial charge in [0, 0.05) is 25.3 Å². The highest BCUT2D eigenvalue weighted by molar-refractivity contribution is 5.48. The number of halogens is 3. The van der Waals surface area contributed by atoms with Crippen LogP contribution in [-0.4, -0.2) is 25.4 Å². The molecule has 0 fully saturated rings. The Hall–Kier alpha value is -1.67. The number of benzene rings is 1. The van der Waals surface area contributed by atoms with E-state index in [9.17, 15) is 18.3 Å². The summed E-state index contributed by atoms with van der Waals surface area (Å²) in [5.41, 5.74) is -2.66. The molecule has 98 valence electrons. The molecule has 0 saturated carbocycles. The Bertz CT molecular complexity index is 468. The van der Waals surface area contributed by atoms with Crippen molar-refractivity contribution < 1.29 is 18.3 Å². The van der Waals surface area contributed by atoms with Gasteiger partial charge in [-0.3, -0.25) is 0 Å². The molecule has 0 heterocycles. The van der Waals surface area contributed by atoms with Crippen molar-refractivity contribution in [3.05, 3.63) is 29.8 Å². The third-order valence-electron chi connectivity index (χ3n) is 2.52. The fourth-order valence-corrected chi connectivity index (χ4v) is 1.49. The summed E-state index contributed by atoms with van der Waals surface area (Å²) < 4.78 is 38.6. The highest BCUT2D eigenvalue weighted by atomic mass is 19.4. The molecule has 0 bridgehead atoms. The summed E-state index contributed by atoms with van der Waals surface area (Å²) in [5, 5.41) is 9.74. The number of aliphatic hydroxyl groups is 1. The highest BCUT2D eigenvalue weighted by Gasteiger charge is 2.54. The molecule has 1 atom stereocenters. The summed E-state index contributed by atoms with van der Waals surface area (Å²) in [5.74, 6) is 3.95. The topological polar surface area (TPSA) is 23.5 Å². The first kappa shape index (κ1) is 14.4. The molecule has 1 N–H and O–H groups in total. The Labute approximate surface area is 104 Å². The smallest absolute Gasteiger partial charge is 0.378 e. The zero-order valence-corrected chi connectivity index (χ0v) is 10.3. The van der Waals surface area contributed by atoms with Gasteiger partial charge < -0.3 is 10.0 Å². The van der Waals surface area contributed by atoms with Crippen molar-refractivity contribution >= 4 is 5.69 Å². The van der Waals surface area contributed by atoms with Crippen LogP contribution in [0.2, 0.25) is 0 Å². The van der Waals surface area contributed by atoms with Crippen molar-refractivity contribution in [2.75, 3.05) is 19.0 Å². The standard InChI is InChI=1S/C13H14F3NO/c1-4-9-12(18,13(14,15)16)10-5-7-11(8-6-10)17(2)3/h5-8,18H,1-3H3. The Morgan fingerprint density at radius 3 is 1.94 bits per heavy atom. The molecular formula is C13H14F3NO. The average molecular weight is 257 g/mol. The van der Waals surface area contributed by atoms with Gasteiger partial charge in [-0.15, -0.1) is 5.92 Å². The molecule has 0 aliphatic rings. The summed E-state index contributed by atoms with van der Waals surface area (Å²) >= 11 is 0. The maximum absolute atomic E-state index is 12.9. The number of anilines is 1. The molecule has 0 radical (unpaired) electrons. The molecule has 18 heavy (non-hydrogen) atoms. The lowest BCUT2D eigenvalue weighted by molar-refractivity contribution is -0.240. The second-order valence-electron chi connectivity index (χ2n) is 4.02. The second kappa shape index (κ2) is 4.91. The fraction of sp³-hybridized carbons (Fsp3) is 0.385. The number of nitrogens with zero attached hydrogens (tertiary/aromatic N) is 1.